The zero-order valence-corrected chi connectivity index (χ0v) is 8.82. The molecule has 1 aromatic rings. The van der Waals surface area contributed by atoms with Crippen LogP contribution in [0.15, 0.2) is 4.79 Å². The fourth-order valence-electron chi connectivity index (χ4n) is 2.20. The molecular formula is C11H9F3N2O. The van der Waals surface area contributed by atoms with E-state index in [-0.39, 0.29) is 12.0 Å². The maximum atomic E-state index is 12.9. The number of hydrogen-bond acceptors (Lipinski definition) is 2. The molecule has 17 heavy (non-hydrogen) atoms. The first-order chi connectivity index (χ1) is 7.95. The van der Waals surface area contributed by atoms with Crippen molar-refractivity contribution in [2.75, 3.05) is 0 Å². The Bertz CT molecular complexity index is 552. The molecule has 0 radical (unpaired) electrons. The highest BCUT2D eigenvalue weighted by molar-refractivity contribution is 5.46. The lowest BCUT2D eigenvalue weighted by atomic mass is 9.90. The van der Waals surface area contributed by atoms with Crippen molar-refractivity contribution in [3.8, 4) is 6.07 Å². The lowest BCUT2D eigenvalue weighted by Crippen LogP contribution is -2.26. The van der Waals surface area contributed by atoms with Crippen LogP contribution in [0.2, 0.25) is 0 Å². The van der Waals surface area contributed by atoms with Crippen molar-refractivity contribution < 1.29 is 13.2 Å². The average Bonchev–Trinajstić information content (AvgIpc) is 2.25. The molecule has 0 saturated heterocycles. The van der Waals surface area contributed by atoms with Crippen LogP contribution in [0.4, 0.5) is 13.2 Å². The SMILES string of the molecule is N#Cc1c(C(F)(F)F)c2c([nH]c1=O)CCCC2. The Morgan fingerprint density at radius 1 is 1.24 bits per heavy atom. The Morgan fingerprint density at radius 3 is 2.47 bits per heavy atom. The van der Waals surface area contributed by atoms with Crippen LogP contribution in [0, 0.1) is 11.3 Å². The van der Waals surface area contributed by atoms with Crippen LogP contribution in [0.5, 0.6) is 0 Å². The summed E-state index contributed by atoms with van der Waals surface area (Å²) in [7, 11) is 0. The van der Waals surface area contributed by atoms with Crippen LogP contribution < -0.4 is 5.56 Å². The minimum absolute atomic E-state index is 0.0832. The van der Waals surface area contributed by atoms with Gasteiger partial charge in [0.2, 0.25) is 0 Å². The lowest BCUT2D eigenvalue weighted by Gasteiger charge is -2.21. The normalized spacial score (nSPS) is 15.2. The first kappa shape index (κ1) is 11.7. The van der Waals surface area contributed by atoms with Crippen molar-refractivity contribution in [1.29, 1.82) is 5.26 Å². The number of fused-ring (bicyclic) bond motifs is 1. The number of rotatable bonds is 0. The summed E-state index contributed by atoms with van der Waals surface area (Å²) in [5, 5.41) is 8.69. The quantitative estimate of drug-likeness (QED) is 0.757. The van der Waals surface area contributed by atoms with E-state index in [9.17, 15) is 18.0 Å². The fourth-order valence-corrected chi connectivity index (χ4v) is 2.20. The molecule has 1 N–H and O–H groups in total. The highest BCUT2D eigenvalue weighted by atomic mass is 19.4. The number of aromatic amines is 1. The third-order valence-electron chi connectivity index (χ3n) is 2.91. The van der Waals surface area contributed by atoms with Gasteiger partial charge in [0.05, 0.1) is 5.56 Å². The van der Waals surface area contributed by atoms with Crippen molar-refractivity contribution in [1.82, 2.24) is 4.98 Å². The molecule has 6 heteroatoms. The third-order valence-corrected chi connectivity index (χ3v) is 2.91. The molecule has 0 amide bonds. The Kier molecular flexibility index (Phi) is 2.69. The van der Waals surface area contributed by atoms with E-state index in [1.165, 1.54) is 6.07 Å². The van der Waals surface area contributed by atoms with Gasteiger partial charge in [0, 0.05) is 5.69 Å². The number of hydrogen-bond donors (Lipinski definition) is 1. The van der Waals surface area contributed by atoms with Crippen LogP contribution >= 0.6 is 0 Å². The van der Waals surface area contributed by atoms with Gasteiger partial charge < -0.3 is 4.98 Å². The molecule has 2 rings (SSSR count). The predicted molar refractivity (Wildman–Crippen MR) is 53.4 cm³/mol. The summed E-state index contributed by atoms with van der Waals surface area (Å²) in [6.07, 6.45) is -2.56. The number of aryl methyl sites for hydroxylation is 1. The number of aromatic nitrogens is 1. The van der Waals surface area contributed by atoms with Gasteiger partial charge in [0.15, 0.2) is 0 Å². The van der Waals surface area contributed by atoms with Crippen LogP contribution in [0.1, 0.15) is 35.2 Å². The van der Waals surface area contributed by atoms with Gasteiger partial charge in [-0.05, 0) is 31.2 Å². The molecule has 0 saturated carbocycles. The Labute approximate surface area is 94.9 Å². The fraction of sp³-hybridized carbons (Fsp3) is 0.455. The van der Waals surface area contributed by atoms with E-state index < -0.39 is 22.9 Å². The maximum absolute atomic E-state index is 12.9. The van der Waals surface area contributed by atoms with E-state index in [1.807, 2.05) is 0 Å². The molecule has 1 aromatic heterocycles. The second kappa shape index (κ2) is 3.91. The minimum atomic E-state index is -4.65. The van der Waals surface area contributed by atoms with Gasteiger partial charge in [-0.25, -0.2) is 0 Å². The topological polar surface area (TPSA) is 56.6 Å². The molecule has 0 aromatic carbocycles. The molecule has 0 atom stereocenters. The summed E-state index contributed by atoms with van der Waals surface area (Å²) >= 11 is 0. The molecule has 90 valence electrons. The van der Waals surface area contributed by atoms with E-state index in [1.54, 1.807) is 0 Å². The monoisotopic (exact) mass is 242 g/mol. The summed E-state index contributed by atoms with van der Waals surface area (Å²) < 4.78 is 38.7. The second-order valence-corrected chi connectivity index (χ2v) is 3.98. The van der Waals surface area contributed by atoms with E-state index in [0.717, 1.165) is 6.42 Å². The van der Waals surface area contributed by atoms with E-state index >= 15 is 0 Å². The number of alkyl halides is 3. The zero-order chi connectivity index (χ0) is 12.6. The number of nitriles is 1. The molecule has 0 fully saturated rings. The van der Waals surface area contributed by atoms with Gasteiger partial charge in [0.25, 0.3) is 5.56 Å². The molecule has 1 heterocycles. The molecule has 0 bridgehead atoms. The van der Waals surface area contributed by atoms with Gasteiger partial charge in [-0.1, -0.05) is 0 Å². The smallest absolute Gasteiger partial charge is 0.325 e. The maximum Gasteiger partial charge on any atom is 0.418 e. The molecule has 0 aliphatic heterocycles. The van der Waals surface area contributed by atoms with Gasteiger partial charge >= 0.3 is 6.18 Å². The van der Waals surface area contributed by atoms with Crippen molar-refractivity contribution in [2.24, 2.45) is 0 Å². The predicted octanol–water partition coefficient (Wildman–Crippen LogP) is 2.14. The van der Waals surface area contributed by atoms with Crippen molar-refractivity contribution in [3.63, 3.8) is 0 Å². The second-order valence-electron chi connectivity index (χ2n) is 3.98. The van der Waals surface area contributed by atoms with E-state index in [4.69, 9.17) is 5.26 Å². The number of pyridine rings is 1. The van der Waals surface area contributed by atoms with Crippen molar-refractivity contribution >= 4 is 0 Å². The Balaban J connectivity index is 2.81. The van der Waals surface area contributed by atoms with Crippen LogP contribution in [-0.4, -0.2) is 4.98 Å². The zero-order valence-electron chi connectivity index (χ0n) is 8.82. The van der Waals surface area contributed by atoms with Gasteiger partial charge in [-0.15, -0.1) is 0 Å². The molecular weight excluding hydrogens is 233 g/mol. The van der Waals surface area contributed by atoms with Gasteiger partial charge in [-0.2, -0.15) is 18.4 Å². The standard InChI is InChI=1S/C11H9F3N2O/c12-11(13,14)9-6-3-1-2-4-8(6)16-10(17)7(9)5-15/h1-4H2,(H,16,17). The number of H-pyrrole nitrogens is 1. The molecule has 0 spiro atoms. The molecule has 3 nitrogen and oxygen atoms in total. The Hall–Kier alpha value is -1.77. The number of nitrogens with zero attached hydrogens (tertiary/aromatic N) is 1. The van der Waals surface area contributed by atoms with Crippen LogP contribution in [0.3, 0.4) is 0 Å². The lowest BCUT2D eigenvalue weighted by molar-refractivity contribution is -0.138. The Morgan fingerprint density at radius 2 is 1.88 bits per heavy atom. The first-order valence-corrected chi connectivity index (χ1v) is 5.20. The number of halogens is 3. The molecule has 1 aliphatic carbocycles. The van der Waals surface area contributed by atoms with Gasteiger partial charge in [-0.3, -0.25) is 4.79 Å². The van der Waals surface area contributed by atoms with Crippen LogP contribution in [0.25, 0.3) is 0 Å². The third kappa shape index (κ3) is 1.93. The van der Waals surface area contributed by atoms with Crippen LogP contribution in [-0.2, 0) is 19.0 Å². The van der Waals surface area contributed by atoms with E-state index in [0.29, 0.717) is 18.5 Å². The highest BCUT2D eigenvalue weighted by Crippen LogP contribution is 2.36. The average molecular weight is 242 g/mol. The largest absolute Gasteiger partial charge is 0.418 e. The molecule has 0 unspecified atom stereocenters. The summed E-state index contributed by atoms with van der Waals surface area (Å²) in [6, 6.07) is 1.36. The number of nitrogens with one attached hydrogen (secondary N) is 1. The summed E-state index contributed by atoms with van der Waals surface area (Å²) in [5.74, 6) is 0. The van der Waals surface area contributed by atoms with Gasteiger partial charge in [0.1, 0.15) is 11.6 Å². The van der Waals surface area contributed by atoms with Crippen molar-refractivity contribution in [2.45, 2.75) is 31.9 Å². The summed E-state index contributed by atoms with van der Waals surface area (Å²) in [5.41, 5.74) is -2.40. The summed E-state index contributed by atoms with van der Waals surface area (Å²) in [6.45, 7) is 0. The van der Waals surface area contributed by atoms with E-state index in [2.05, 4.69) is 4.98 Å². The van der Waals surface area contributed by atoms with Crippen molar-refractivity contribution in [3.05, 3.63) is 32.7 Å². The minimum Gasteiger partial charge on any atom is -0.325 e. The molecule has 1 aliphatic rings. The highest BCUT2D eigenvalue weighted by Gasteiger charge is 2.39. The summed E-state index contributed by atoms with van der Waals surface area (Å²) in [4.78, 5) is 13.8. The first-order valence-electron chi connectivity index (χ1n) is 5.20.